The predicted molar refractivity (Wildman–Crippen MR) is 108 cm³/mol. The maximum absolute atomic E-state index is 12.9. The molecular weight excluding hydrogens is 385 g/mol. The maximum atomic E-state index is 12.9. The van der Waals surface area contributed by atoms with E-state index in [2.05, 4.69) is 10.3 Å². The van der Waals surface area contributed by atoms with Gasteiger partial charge in [-0.15, -0.1) is 0 Å². The molecule has 1 aliphatic heterocycles. The number of pyridine rings is 1. The van der Waals surface area contributed by atoms with Gasteiger partial charge >= 0.3 is 13.1 Å². The number of hydrogen-bond acceptors (Lipinski definition) is 7. The van der Waals surface area contributed by atoms with E-state index in [4.69, 9.17) is 14.7 Å². The lowest BCUT2D eigenvalue weighted by atomic mass is 9.75. The second-order valence-electron chi connectivity index (χ2n) is 7.40. The standard InChI is InChI=1S/C21H22BN3O5/c1-12(2)19(21(27)29-11-16-6-4-5-15(9-23)24-16)25-20(26)17-8-7-14-10-30-22(28)18(14)13(17)3/h4-8,12,19,28H,10-11H2,1-3H3,(H,25,26). The molecule has 1 unspecified atom stereocenters. The molecule has 8 nitrogen and oxygen atoms in total. The van der Waals surface area contributed by atoms with Crippen LogP contribution in [0.1, 0.15) is 46.7 Å². The van der Waals surface area contributed by atoms with Crippen molar-refractivity contribution in [1.82, 2.24) is 10.3 Å². The molecule has 2 heterocycles. The van der Waals surface area contributed by atoms with Crippen LogP contribution in [0.25, 0.3) is 0 Å². The quantitative estimate of drug-likeness (QED) is 0.541. The SMILES string of the molecule is Cc1c(C(=O)NC(C(=O)OCc2cccc(C#N)n2)C(C)C)ccc2c1B(O)OC2. The first-order valence-electron chi connectivity index (χ1n) is 9.57. The minimum absolute atomic E-state index is 0.102. The Kier molecular flexibility index (Phi) is 6.50. The minimum Gasteiger partial charge on any atom is -0.458 e. The highest BCUT2D eigenvalue weighted by atomic mass is 16.5. The number of hydrogen-bond donors (Lipinski definition) is 2. The van der Waals surface area contributed by atoms with Gasteiger partial charge in [-0.05, 0) is 47.6 Å². The molecule has 2 aromatic rings. The molecule has 1 amide bonds. The molecule has 0 spiro atoms. The van der Waals surface area contributed by atoms with Crippen LogP contribution in [0.15, 0.2) is 30.3 Å². The van der Waals surface area contributed by atoms with Crippen molar-refractivity contribution in [3.05, 3.63) is 58.4 Å². The molecule has 1 atom stereocenters. The lowest BCUT2D eigenvalue weighted by molar-refractivity contribution is -0.148. The maximum Gasteiger partial charge on any atom is 0.492 e. The van der Waals surface area contributed by atoms with E-state index in [-0.39, 0.29) is 18.2 Å². The number of nitriles is 1. The minimum atomic E-state index is -1.06. The molecule has 0 saturated heterocycles. The van der Waals surface area contributed by atoms with Gasteiger partial charge in [-0.2, -0.15) is 5.26 Å². The summed E-state index contributed by atoms with van der Waals surface area (Å²) in [6.45, 7) is 5.53. The normalized spacial score (nSPS) is 13.5. The van der Waals surface area contributed by atoms with Gasteiger partial charge in [-0.3, -0.25) is 4.79 Å². The van der Waals surface area contributed by atoms with Crippen LogP contribution in [0, 0.1) is 24.2 Å². The van der Waals surface area contributed by atoms with E-state index in [1.807, 2.05) is 6.07 Å². The summed E-state index contributed by atoms with van der Waals surface area (Å²) in [7, 11) is -1.06. The molecule has 0 aliphatic carbocycles. The summed E-state index contributed by atoms with van der Waals surface area (Å²) in [5.41, 5.74) is 3.08. The van der Waals surface area contributed by atoms with Crippen LogP contribution >= 0.6 is 0 Å². The number of nitrogens with zero attached hydrogens (tertiary/aromatic N) is 2. The van der Waals surface area contributed by atoms with Gasteiger partial charge in [0.2, 0.25) is 0 Å². The molecule has 0 radical (unpaired) electrons. The number of benzene rings is 1. The van der Waals surface area contributed by atoms with Crippen molar-refractivity contribution in [2.24, 2.45) is 5.92 Å². The second kappa shape index (κ2) is 9.07. The lowest BCUT2D eigenvalue weighted by Gasteiger charge is -2.21. The molecule has 2 N–H and O–H groups in total. The first-order valence-corrected chi connectivity index (χ1v) is 9.57. The molecule has 1 aliphatic rings. The van der Waals surface area contributed by atoms with Crippen LogP contribution in [-0.4, -0.2) is 35.0 Å². The second-order valence-corrected chi connectivity index (χ2v) is 7.40. The predicted octanol–water partition coefficient (Wildman–Crippen LogP) is 0.977. The van der Waals surface area contributed by atoms with Crippen LogP contribution in [-0.2, 0) is 27.4 Å². The number of esters is 1. The van der Waals surface area contributed by atoms with Gasteiger partial charge in [0.25, 0.3) is 5.91 Å². The van der Waals surface area contributed by atoms with Crippen molar-refractivity contribution in [1.29, 1.82) is 5.26 Å². The van der Waals surface area contributed by atoms with Gasteiger partial charge in [0, 0.05) is 5.56 Å². The third kappa shape index (κ3) is 4.51. The van der Waals surface area contributed by atoms with Crippen molar-refractivity contribution < 1.29 is 24.0 Å². The van der Waals surface area contributed by atoms with Crippen molar-refractivity contribution in [2.45, 2.75) is 40.0 Å². The highest BCUT2D eigenvalue weighted by Crippen LogP contribution is 2.17. The molecule has 0 saturated carbocycles. The first-order chi connectivity index (χ1) is 14.3. The summed E-state index contributed by atoms with van der Waals surface area (Å²) in [6.07, 6.45) is 0. The Hall–Kier alpha value is -3.22. The molecule has 1 aromatic carbocycles. The van der Waals surface area contributed by atoms with E-state index >= 15 is 0 Å². The Morgan fingerprint density at radius 2 is 2.13 bits per heavy atom. The number of amides is 1. The Morgan fingerprint density at radius 3 is 2.83 bits per heavy atom. The third-order valence-corrected chi connectivity index (χ3v) is 4.98. The first kappa shape index (κ1) is 21.5. The van der Waals surface area contributed by atoms with Crippen LogP contribution in [0.5, 0.6) is 0 Å². The zero-order valence-electron chi connectivity index (χ0n) is 17.0. The Morgan fingerprint density at radius 1 is 1.37 bits per heavy atom. The summed E-state index contributed by atoms with van der Waals surface area (Å²) in [5, 5.41) is 21.6. The van der Waals surface area contributed by atoms with E-state index in [1.54, 1.807) is 51.1 Å². The fraction of sp³-hybridized carbons (Fsp3) is 0.333. The van der Waals surface area contributed by atoms with Gasteiger partial charge < -0.3 is 19.7 Å². The summed E-state index contributed by atoms with van der Waals surface area (Å²) in [6, 6.07) is 9.33. The van der Waals surface area contributed by atoms with Crippen LogP contribution in [0.4, 0.5) is 0 Å². The van der Waals surface area contributed by atoms with Crippen molar-refractivity contribution in [3.8, 4) is 6.07 Å². The van der Waals surface area contributed by atoms with Crippen molar-refractivity contribution in [3.63, 3.8) is 0 Å². The van der Waals surface area contributed by atoms with Gasteiger partial charge in [0.15, 0.2) is 0 Å². The number of ether oxygens (including phenoxy) is 1. The fourth-order valence-corrected chi connectivity index (χ4v) is 3.33. The molecule has 1 aromatic heterocycles. The highest BCUT2D eigenvalue weighted by molar-refractivity contribution is 6.62. The fourth-order valence-electron chi connectivity index (χ4n) is 3.33. The van der Waals surface area contributed by atoms with E-state index in [9.17, 15) is 14.6 Å². The van der Waals surface area contributed by atoms with E-state index in [1.165, 1.54) is 0 Å². The average Bonchev–Trinajstić information content (AvgIpc) is 3.11. The third-order valence-electron chi connectivity index (χ3n) is 4.98. The zero-order chi connectivity index (χ0) is 21.8. The van der Waals surface area contributed by atoms with Crippen LogP contribution < -0.4 is 10.8 Å². The molecule has 30 heavy (non-hydrogen) atoms. The van der Waals surface area contributed by atoms with Gasteiger partial charge in [-0.25, -0.2) is 9.78 Å². The smallest absolute Gasteiger partial charge is 0.458 e. The summed E-state index contributed by atoms with van der Waals surface area (Å²) < 4.78 is 10.5. The summed E-state index contributed by atoms with van der Waals surface area (Å²) in [4.78, 5) is 29.5. The zero-order valence-corrected chi connectivity index (χ0v) is 17.0. The molecule has 3 rings (SSSR count). The van der Waals surface area contributed by atoms with E-state index in [0.717, 1.165) is 5.56 Å². The van der Waals surface area contributed by atoms with Gasteiger partial charge in [0.05, 0.1) is 12.3 Å². The molecule has 0 bridgehead atoms. The van der Waals surface area contributed by atoms with E-state index < -0.39 is 25.0 Å². The largest absolute Gasteiger partial charge is 0.492 e. The number of carbonyl (C=O) groups excluding carboxylic acids is 2. The van der Waals surface area contributed by atoms with Crippen LogP contribution in [0.2, 0.25) is 0 Å². The number of carbonyl (C=O) groups is 2. The van der Waals surface area contributed by atoms with Crippen molar-refractivity contribution in [2.75, 3.05) is 0 Å². The average molecular weight is 407 g/mol. The molecule has 0 fully saturated rings. The molecule has 9 heteroatoms. The highest BCUT2D eigenvalue weighted by Gasteiger charge is 2.32. The molecule has 154 valence electrons. The van der Waals surface area contributed by atoms with E-state index in [0.29, 0.717) is 28.9 Å². The number of rotatable bonds is 6. The molecular formula is C21H22BN3O5. The lowest BCUT2D eigenvalue weighted by Crippen LogP contribution is -2.46. The topological polar surface area (TPSA) is 122 Å². The van der Waals surface area contributed by atoms with Crippen LogP contribution in [0.3, 0.4) is 0 Å². The Bertz CT molecular complexity index is 1020. The van der Waals surface area contributed by atoms with Crippen molar-refractivity contribution >= 4 is 24.5 Å². The summed E-state index contributed by atoms with van der Waals surface area (Å²) >= 11 is 0. The van der Waals surface area contributed by atoms with Gasteiger partial charge in [-0.1, -0.05) is 26.0 Å². The Labute approximate surface area is 175 Å². The summed E-state index contributed by atoms with van der Waals surface area (Å²) in [5.74, 6) is -1.25. The number of aromatic nitrogens is 1. The Balaban J connectivity index is 1.71. The number of nitrogens with one attached hydrogen (secondary N) is 1. The monoisotopic (exact) mass is 407 g/mol. The van der Waals surface area contributed by atoms with Gasteiger partial charge in [0.1, 0.15) is 24.4 Å². The number of fused-ring (bicyclic) bond motifs is 1.